The van der Waals surface area contributed by atoms with Crippen molar-refractivity contribution < 1.29 is 14.4 Å². The Morgan fingerprint density at radius 1 is 1.00 bits per heavy atom. The third kappa shape index (κ3) is 6.03. The van der Waals surface area contributed by atoms with Crippen LogP contribution in [-0.2, 0) is 16.1 Å². The van der Waals surface area contributed by atoms with E-state index in [1.807, 2.05) is 24.3 Å². The smallest absolute Gasteiger partial charge is 0.322 e. The molecule has 2 aliphatic rings. The molecule has 0 spiro atoms. The van der Waals surface area contributed by atoms with E-state index in [0.717, 1.165) is 30.0 Å². The summed E-state index contributed by atoms with van der Waals surface area (Å²) in [7, 11) is 0. The molecule has 2 heterocycles. The van der Waals surface area contributed by atoms with Crippen molar-refractivity contribution in [3.05, 3.63) is 54.1 Å². The van der Waals surface area contributed by atoms with Gasteiger partial charge < -0.3 is 20.9 Å². The number of urea groups is 1. The monoisotopic (exact) mass is 449 g/mol. The van der Waals surface area contributed by atoms with E-state index in [2.05, 4.69) is 64.3 Å². The molecule has 8 heteroatoms. The lowest BCUT2D eigenvalue weighted by atomic mass is 9.82. The van der Waals surface area contributed by atoms with Gasteiger partial charge in [0.1, 0.15) is 6.04 Å². The van der Waals surface area contributed by atoms with Crippen molar-refractivity contribution in [2.45, 2.75) is 45.7 Å². The van der Waals surface area contributed by atoms with E-state index < -0.39 is 18.0 Å². The SMILES string of the molecule is CC1(C)CCN(c2ccc(Nc3ccc(CNC(=O)[C@H]4CC(=O)NC(=O)N4)cc3)cc2)CC1. The minimum Gasteiger partial charge on any atom is -0.371 e. The van der Waals surface area contributed by atoms with Crippen LogP contribution in [0.15, 0.2) is 48.5 Å². The number of amides is 4. The molecule has 0 unspecified atom stereocenters. The molecule has 4 amide bonds. The zero-order valence-corrected chi connectivity index (χ0v) is 19.1. The van der Waals surface area contributed by atoms with Gasteiger partial charge in [0, 0.05) is 36.7 Å². The Balaban J connectivity index is 1.27. The molecular weight excluding hydrogens is 418 g/mol. The summed E-state index contributed by atoms with van der Waals surface area (Å²) in [5, 5.41) is 10.7. The van der Waals surface area contributed by atoms with Gasteiger partial charge in [-0.3, -0.25) is 14.9 Å². The highest BCUT2D eigenvalue weighted by molar-refractivity contribution is 6.02. The van der Waals surface area contributed by atoms with Crippen LogP contribution in [0, 0.1) is 5.41 Å². The molecule has 33 heavy (non-hydrogen) atoms. The van der Waals surface area contributed by atoms with Crippen LogP contribution >= 0.6 is 0 Å². The molecule has 0 saturated carbocycles. The van der Waals surface area contributed by atoms with Crippen molar-refractivity contribution in [1.29, 1.82) is 0 Å². The van der Waals surface area contributed by atoms with Crippen molar-refractivity contribution in [2.24, 2.45) is 5.41 Å². The van der Waals surface area contributed by atoms with E-state index in [1.165, 1.54) is 18.5 Å². The van der Waals surface area contributed by atoms with Gasteiger partial charge >= 0.3 is 6.03 Å². The largest absolute Gasteiger partial charge is 0.371 e. The summed E-state index contributed by atoms with van der Waals surface area (Å²) in [4.78, 5) is 37.4. The number of benzene rings is 2. The first kappa shape index (κ1) is 22.6. The number of rotatable bonds is 6. The topological polar surface area (TPSA) is 103 Å². The molecule has 174 valence electrons. The second-order valence-corrected chi connectivity index (χ2v) is 9.52. The first-order valence-corrected chi connectivity index (χ1v) is 11.4. The summed E-state index contributed by atoms with van der Waals surface area (Å²) in [6, 6.07) is 14.8. The second-order valence-electron chi connectivity index (χ2n) is 9.52. The van der Waals surface area contributed by atoms with E-state index >= 15 is 0 Å². The highest BCUT2D eigenvalue weighted by Gasteiger charge is 2.29. The fourth-order valence-electron chi connectivity index (χ4n) is 4.08. The van der Waals surface area contributed by atoms with E-state index in [0.29, 0.717) is 12.0 Å². The average Bonchev–Trinajstić information content (AvgIpc) is 2.78. The Hall–Kier alpha value is -3.55. The molecule has 4 N–H and O–H groups in total. The molecule has 4 rings (SSSR count). The summed E-state index contributed by atoms with van der Waals surface area (Å²) in [6.45, 7) is 7.18. The van der Waals surface area contributed by atoms with Crippen LogP contribution in [0.1, 0.15) is 38.7 Å². The molecule has 2 aromatic carbocycles. The Bertz CT molecular complexity index is 991. The number of imide groups is 1. The molecule has 0 bridgehead atoms. The standard InChI is InChI=1S/C25H31N5O3/c1-25(2)11-13-30(14-12-25)20-9-7-19(8-10-20)27-18-5-3-17(4-6-18)16-26-23(32)21-15-22(31)29-24(33)28-21/h3-10,21,27H,11-16H2,1-2H3,(H,26,32)(H2,28,29,31,33)/t21-/m1/s1. The molecule has 0 radical (unpaired) electrons. The maximum absolute atomic E-state index is 12.2. The quantitative estimate of drug-likeness (QED) is 0.542. The van der Waals surface area contributed by atoms with Crippen LogP contribution in [-0.4, -0.2) is 37.0 Å². The van der Waals surface area contributed by atoms with Gasteiger partial charge in [0.25, 0.3) is 0 Å². The minimum atomic E-state index is -0.841. The number of carbonyl (C=O) groups excluding carboxylic acids is 3. The number of carbonyl (C=O) groups is 3. The molecular formula is C25H31N5O3. The number of nitrogens with zero attached hydrogens (tertiary/aromatic N) is 1. The normalized spacial score (nSPS) is 19.9. The highest BCUT2D eigenvalue weighted by atomic mass is 16.2. The zero-order chi connectivity index (χ0) is 23.4. The van der Waals surface area contributed by atoms with Crippen molar-refractivity contribution >= 4 is 34.9 Å². The number of anilines is 3. The maximum Gasteiger partial charge on any atom is 0.322 e. The lowest BCUT2D eigenvalue weighted by molar-refractivity contribution is -0.128. The van der Waals surface area contributed by atoms with Gasteiger partial charge in [-0.05, 0) is 60.2 Å². The van der Waals surface area contributed by atoms with Gasteiger partial charge in [-0.25, -0.2) is 4.79 Å². The molecule has 0 aliphatic carbocycles. The van der Waals surface area contributed by atoms with E-state index in [1.54, 1.807) is 0 Å². The highest BCUT2D eigenvalue weighted by Crippen LogP contribution is 2.32. The van der Waals surface area contributed by atoms with Gasteiger partial charge in [0.15, 0.2) is 0 Å². The fraction of sp³-hybridized carbons (Fsp3) is 0.400. The van der Waals surface area contributed by atoms with Gasteiger partial charge in [-0.15, -0.1) is 0 Å². The molecule has 2 aromatic rings. The Labute approximate surface area is 194 Å². The summed E-state index contributed by atoms with van der Waals surface area (Å²) in [6.07, 6.45) is 2.36. The predicted molar refractivity (Wildman–Crippen MR) is 128 cm³/mol. The van der Waals surface area contributed by atoms with Gasteiger partial charge in [-0.1, -0.05) is 26.0 Å². The summed E-state index contributed by atoms with van der Waals surface area (Å²) >= 11 is 0. The van der Waals surface area contributed by atoms with Crippen LogP contribution in [0.2, 0.25) is 0 Å². The Kier molecular flexibility index (Phi) is 6.53. The summed E-state index contributed by atoms with van der Waals surface area (Å²) in [5.74, 6) is -0.833. The third-order valence-electron chi connectivity index (χ3n) is 6.32. The predicted octanol–water partition coefficient (Wildman–Crippen LogP) is 3.27. The first-order valence-electron chi connectivity index (χ1n) is 11.4. The first-order chi connectivity index (χ1) is 15.8. The third-order valence-corrected chi connectivity index (χ3v) is 6.32. The van der Waals surface area contributed by atoms with E-state index in [4.69, 9.17) is 0 Å². The molecule has 8 nitrogen and oxygen atoms in total. The number of hydrogen-bond donors (Lipinski definition) is 4. The van der Waals surface area contributed by atoms with Crippen LogP contribution in [0.5, 0.6) is 0 Å². The average molecular weight is 450 g/mol. The van der Waals surface area contributed by atoms with Crippen LogP contribution in [0.25, 0.3) is 0 Å². The van der Waals surface area contributed by atoms with Crippen molar-refractivity contribution in [3.63, 3.8) is 0 Å². The fourth-order valence-corrected chi connectivity index (χ4v) is 4.08. The summed E-state index contributed by atoms with van der Waals surface area (Å²) < 4.78 is 0. The molecule has 0 aromatic heterocycles. The minimum absolute atomic E-state index is 0.0605. The van der Waals surface area contributed by atoms with Crippen LogP contribution in [0.4, 0.5) is 21.9 Å². The maximum atomic E-state index is 12.2. The van der Waals surface area contributed by atoms with Crippen LogP contribution in [0.3, 0.4) is 0 Å². The molecule has 1 atom stereocenters. The van der Waals surface area contributed by atoms with Crippen LogP contribution < -0.4 is 26.2 Å². The van der Waals surface area contributed by atoms with Crippen molar-refractivity contribution in [3.8, 4) is 0 Å². The lowest BCUT2D eigenvalue weighted by Crippen LogP contribution is -2.57. The van der Waals surface area contributed by atoms with Crippen molar-refractivity contribution in [2.75, 3.05) is 23.3 Å². The number of piperidine rings is 1. The van der Waals surface area contributed by atoms with E-state index in [-0.39, 0.29) is 12.3 Å². The zero-order valence-electron chi connectivity index (χ0n) is 19.1. The van der Waals surface area contributed by atoms with Gasteiger partial charge in [0.2, 0.25) is 11.8 Å². The van der Waals surface area contributed by atoms with Crippen molar-refractivity contribution in [1.82, 2.24) is 16.0 Å². The van der Waals surface area contributed by atoms with E-state index in [9.17, 15) is 14.4 Å². The lowest BCUT2D eigenvalue weighted by Gasteiger charge is -2.38. The molecule has 2 aliphatic heterocycles. The molecule has 2 saturated heterocycles. The Morgan fingerprint density at radius 2 is 1.61 bits per heavy atom. The number of nitrogens with one attached hydrogen (secondary N) is 4. The van der Waals surface area contributed by atoms with Gasteiger partial charge in [0.05, 0.1) is 6.42 Å². The Morgan fingerprint density at radius 3 is 2.21 bits per heavy atom. The van der Waals surface area contributed by atoms with Gasteiger partial charge in [-0.2, -0.15) is 0 Å². The summed E-state index contributed by atoms with van der Waals surface area (Å²) in [5.41, 5.74) is 4.59. The number of hydrogen-bond acceptors (Lipinski definition) is 5. The second kappa shape index (κ2) is 9.52. The molecule has 2 fully saturated rings.